The number of rotatable bonds is 8. The lowest BCUT2D eigenvalue weighted by molar-refractivity contribution is 0.0539. The second-order valence-corrected chi connectivity index (χ2v) is 6.25. The summed E-state index contributed by atoms with van der Waals surface area (Å²) in [4.78, 5) is 12.0. The summed E-state index contributed by atoms with van der Waals surface area (Å²) in [5.74, 6) is 0.761. The summed E-state index contributed by atoms with van der Waals surface area (Å²) in [5, 5.41) is 15.9. The number of amides is 2. The van der Waals surface area contributed by atoms with Gasteiger partial charge in [-0.2, -0.15) is 0 Å². The van der Waals surface area contributed by atoms with Crippen molar-refractivity contribution in [1.29, 1.82) is 0 Å². The highest BCUT2D eigenvalue weighted by Gasteiger charge is 2.21. The zero-order valence-electron chi connectivity index (χ0n) is 14.8. The molecule has 0 saturated carbocycles. The molecule has 2 rings (SSSR count). The molecule has 0 radical (unpaired) electrons. The quantitative estimate of drug-likeness (QED) is 0.686. The molecular weight excluding hydrogens is 316 g/mol. The van der Waals surface area contributed by atoms with Crippen molar-refractivity contribution in [3.05, 3.63) is 60.2 Å². The van der Waals surface area contributed by atoms with E-state index in [1.165, 1.54) is 5.56 Å². The van der Waals surface area contributed by atoms with Gasteiger partial charge in [0.25, 0.3) is 0 Å². The van der Waals surface area contributed by atoms with E-state index in [2.05, 4.69) is 10.6 Å². The zero-order chi connectivity index (χ0) is 18.1. The summed E-state index contributed by atoms with van der Waals surface area (Å²) in [6.45, 7) is 4.43. The van der Waals surface area contributed by atoms with E-state index >= 15 is 0 Å². The van der Waals surface area contributed by atoms with Gasteiger partial charge in [0.1, 0.15) is 5.75 Å². The minimum Gasteiger partial charge on any atom is -0.494 e. The topological polar surface area (TPSA) is 70.6 Å². The molecule has 0 spiro atoms. The second kappa shape index (κ2) is 9.08. The van der Waals surface area contributed by atoms with Gasteiger partial charge in [-0.3, -0.25) is 0 Å². The van der Waals surface area contributed by atoms with Crippen molar-refractivity contribution in [3.8, 4) is 5.75 Å². The predicted molar refractivity (Wildman–Crippen MR) is 100 cm³/mol. The minimum absolute atomic E-state index is 0.183. The SMILES string of the molecule is CCOc1ccc(NC(=O)NCC(C)(O)CCc2ccccc2)cc1. The van der Waals surface area contributed by atoms with E-state index in [1.807, 2.05) is 37.3 Å². The van der Waals surface area contributed by atoms with Crippen LogP contribution in [0.25, 0.3) is 0 Å². The fourth-order valence-electron chi connectivity index (χ4n) is 2.39. The van der Waals surface area contributed by atoms with E-state index in [-0.39, 0.29) is 12.6 Å². The lowest BCUT2D eigenvalue weighted by atomic mass is 9.97. The molecule has 0 saturated heterocycles. The van der Waals surface area contributed by atoms with Gasteiger partial charge in [-0.15, -0.1) is 0 Å². The lowest BCUT2D eigenvalue weighted by Crippen LogP contribution is -2.42. The van der Waals surface area contributed by atoms with Crippen molar-refractivity contribution in [3.63, 3.8) is 0 Å². The number of carbonyl (C=O) groups is 1. The van der Waals surface area contributed by atoms with Gasteiger partial charge in [0.05, 0.1) is 12.2 Å². The molecule has 0 aliphatic rings. The number of urea groups is 1. The van der Waals surface area contributed by atoms with E-state index < -0.39 is 5.60 Å². The van der Waals surface area contributed by atoms with Gasteiger partial charge in [0, 0.05) is 12.2 Å². The molecule has 0 bridgehead atoms. The highest BCUT2D eigenvalue weighted by atomic mass is 16.5. The molecule has 1 unspecified atom stereocenters. The van der Waals surface area contributed by atoms with E-state index in [0.717, 1.165) is 12.2 Å². The standard InChI is InChI=1S/C20H26N2O3/c1-3-25-18-11-9-17(10-12-18)22-19(23)21-15-20(2,24)14-13-16-7-5-4-6-8-16/h4-12,24H,3,13-15H2,1-2H3,(H2,21,22,23). The first-order valence-electron chi connectivity index (χ1n) is 8.52. The van der Waals surface area contributed by atoms with Crippen molar-refractivity contribution < 1.29 is 14.6 Å². The summed E-state index contributed by atoms with van der Waals surface area (Å²) in [6.07, 6.45) is 1.33. The Hall–Kier alpha value is -2.53. The molecule has 0 fully saturated rings. The van der Waals surface area contributed by atoms with Gasteiger partial charge in [0.15, 0.2) is 0 Å². The molecular formula is C20H26N2O3. The summed E-state index contributed by atoms with van der Waals surface area (Å²) < 4.78 is 5.36. The molecule has 2 aromatic carbocycles. The lowest BCUT2D eigenvalue weighted by Gasteiger charge is -2.23. The molecule has 0 aliphatic carbocycles. The molecule has 1 atom stereocenters. The average Bonchev–Trinajstić information content (AvgIpc) is 2.61. The summed E-state index contributed by atoms with van der Waals surface area (Å²) in [6, 6.07) is 16.8. The molecule has 0 heterocycles. The maximum atomic E-state index is 12.0. The van der Waals surface area contributed by atoms with Gasteiger partial charge in [-0.25, -0.2) is 4.79 Å². The fourth-order valence-corrected chi connectivity index (χ4v) is 2.39. The van der Waals surface area contributed by atoms with Gasteiger partial charge >= 0.3 is 6.03 Å². The number of anilines is 1. The molecule has 5 heteroatoms. The highest BCUT2D eigenvalue weighted by molar-refractivity contribution is 5.89. The number of hydrogen-bond donors (Lipinski definition) is 3. The third-order valence-corrected chi connectivity index (χ3v) is 3.85. The number of aryl methyl sites for hydroxylation is 1. The molecule has 134 valence electrons. The Bertz CT molecular complexity index is 654. The molecule has 0 aromatic heterocycles. The van der Waals surface area contributed by atoms with E-state index in [0.29, 0.717) is 18.7 Å². The zero-order valence-corrected chi connectivity index (χ0v) is 14.8. The predicted octanol–water partition coefficient (Wildman–Crippen LogP) is 3.59. The van der Waals surface area contributed by atoms with Crippen molar-refractivity contribution in [2.45, 2.75) is 32.3 Å². The van der Waals surface area contributed by atoms with Crippen LogP contribution in [-0.2, 0) is 6.42 Å². The van der Waals surface area contributed by atoms with Crippen molar-refractivity contribution in [2.75, 3.05) is 18.5 Å². The smallest absolute Gasteiger partial charge is 0.319 e. The molecule has 2 amide bonds. The Kier molecular flexibility index (Phi) is 6.83. The number of benzene rings is 2. The third-order valence-electron chi connectivity index (χ3n) is 3.85. The summed E-state index contributed by atoms with van der Waals surface area (Å²) >= 11 is 0. The Balaban J connectivity index is 1.76. The molecule has 25 heavy (non-hydrogen) atoms. The Morgan fingerprint density at radius 3 is 2.44 bits per heavy atom. The normalized spacial score (nSPS) is 12.9. The van der Waals surface area contributed by atoms with Crippen LogP contribution in [0.4, 0.5) is 10.5 Å². The van der Waals surface area contributed by atoms with Crippen LogP contribution in [0.1, 0.15) is 25.8 Å². The van der Waals surface area contributed by atoms with Crippen LogP contribution in [0, 0.1) is 0 Å². The highest BCUT2D eigenvalue weighted by Crippen LogP contribution is 2.16. The maximum Gasteiger partial charge on any atom is 0.319 e. The first-order valence-corrected chi connectivity index (χ1v) is 8.52. The summed E-state index contributed by atoms with van der Waals surface area (Å²) in [5.41, 5.74) is 0.873. The van der Waals surface area contributed by atoms with Crippen LogP contribution in [0.2, 0.25) is 0 Å². The average molecular weight is 342 g/mol. The molecule has 2 aromatic rings. The van der Waals surface area contributed by atoms with Crippen LogP contribution >= 0.6 is 0 Å². The number of ether oxygens (including phenoxy) is 1. The number of carbonyl (C=O) groups excluding carboxylic acids is 1. The van der Waals surface area contributed by atoms with Gasteiger partial charge < -0.3 is 20.5 Å². The van der Waals surface area contributed by atoms with Gasteiger partial charge in [-0.05, 0) is 56.5 Å². The molecule has 3 N–H and O–H groups in total. The van der Waals surface area contributed by atoms with Crippen molar-refractivity contribution in [1.82, 2.24) is 5.32 Å². The van der Waals surface area contributed by atoms with Crippen LogP contribution in [0.15, 0.2) is 54.6 Å². The fraction of sp³-hybridized carbons (Fsp3) is 0.350. The van der Waals surface area contributed by atoms with Crippen LogP contribution in [0.3, 0.4) is 0 Å². The minimum atomic E-state index is -0.966. The van der Waals surface area contributed by atoms with E-state index in [4.69, 9.17) is 4.74 Å². The second-order valence-electron chi connectivity index (χ2n) is 6.25. The Labute approximate surface area is 149 Å². The Morgan fingerprint density at radius 2 is 1.80 bits per heavy atom. The van der Waals surface area contributed by atoms with Crippen LogP contribution in [-0.4, -0.2) is 29.9 Å². The number of aliphatic hydroxyl groups is 1. The maximum absolute atomic E-state index is 12.0. The van der Waals surface area contributed by atoms with Gasteiger partial charge in [-0.1, -0.05) is 30.3 Å². The summed E-state index contributed by atoms with van der Waals surface area (Å²) in [7, 11) is 0. The Morgan fingerprint density at radius 1 is 1.12 bits per heavy atom. The molecule has 0 aliphatic heterocycles. The van der Waals surface area contributed by atoms with Crippen molar-refractivity contribution >= 4 is 11.7 Å². The largest absolute Gasteiger partial charge is 0.494 e. The first kappa shape index (κ1) is 18.8. The third kappa shape index (κ3) is 6.85. The van der Waals surface area contributed by atoms with Crippen molar-refractivity contribution in [2.24, 2.45) is 0 Å². The number of nitrogens with one attached hydrogen (secondary N) is 2. The monoisotopic (exact) mass is 342 g/mol. The van der Waals surface area contributed by atoms with E-state index in [1.54, 1.807) is 31.2 Å². The van der Waals surface area contributed by atoms with Crippen LogP contribution in [0.5, 0.6) is 5.75 Å². The van der Waals surface area contributed by atoms with Gasteiger partial charge in [0.2, 0.25) is 0 Å². The van der Waals surface area contributed by atoms with E-state index in [9.17, 15) is 9.90 Å². The van der Waals surface area contributed by atoms with Crippen LogP contribution < -0.4 is 15.4 Å². The first-order chi connectivity index (χ1) is 12.0. The number of hydrogen-bond acceptors (Lipinski definition) is 3. The molecule has 5 nitrogen and oxygen atoms in total.